The van der Waals surface area contributed by atoms with Crippen LogP contribution in [0.15, 0.2) is 418 Å². The highest BCUT2D eigenvalue weighted by Gasteiger charge is 2.17. The van der Waals surface area contributed by atoms with Crippen molar-refractivity contribution in [1.29, 1.82) is 0 Å². The minimum Gasteiger partial charge on any atom is -0.289 e. The summed E-state index contributed by atoms with van der Waals surface area (Å²) < 4.78 is 0. The molecule has 0 aliphatic heterocycles. The fourth-order valence-electron chi connectivity index (χ4n) is 11.6. The van der Waals surface area contributed by atoms with Crippen LogP contribution < -0.4 is 0 Å². The molecule has 0 spiro atoms. The number of hydrogen-bond acceptors (Lipinski definition) is 7. The second-order valence-corrected chi connectivity index (χ2v) is 23.3. The van der Waals surface area contributed by atoms with Gasteiger partial charge in [0.25, 0.3) is 0 Å². The van der Waals surface area contributed by atoms with Gasteiger partial charge in [0.15, 0.2) is 5.78 Å². The van der Waals surface area contributed by atoms with E-state index in [1.807, 2.05) is 243 Å². The van der Waals surface area contributed by atoms with Crippen molar-refractivity contribution in [2.75, 3.05) is 0 Å². The maximum atomic E-state index is 14.4. The quantitative estimate of drug-likeness (QED) is 0.0552. The molecule has 0 bridgehead atoms. The first-order chi connectivity index (χ1) is 48.5. The molecule has 0 aliphatic rings. The predicted octanol–water partition coefficient (Wildman–Crippen LogP) is 21.9. The highest BCUT2D eigenvalue weighted by molar-refractivity contribution is 6.18. The molecule has 0 aromatic heterocycles. The third-order valence-corrected chi connectivity index (χ3v) is 16.6. The van der Waals surface area contributed by atoms with Crippen LogP contribution in [0, 0.1) is 0 Å². The number of hydrogen-bond donors (Lipinski definition) is 0. The Morgan fingerprint density at radius 3 is 0.378 bits per heavy atom. The molecule has 0 amide bonds. The van der Waals surface area contributed by atoms with E-state index in [4.69, 9.17) is 30.0 Å². The molecule has 7 heteroatoms. The summed E-state index contributed by atoms with van der Waals surface area (Å²) in [4.78, 5) is 45.9. The molecule has 7 nitrogen and oxygen atoms in total. The van der Waals surface area contributed by atoms with E-state index in [0.29, 0.717) is 22.5 Å². The summed E-state index contributed by atoms with van der Waals surface area (Å²) in [6.07, 6.45) is 0. The Hall–Kier alpha value is -13.2. The number of carbonyl (C=O) groups is 1. The predicted molar refractivity (Wildman–Crippen MR) is 405 cm³/mol. The van der Waals surface area contributed by atoms with Gasteiger partial charge in [-0.25, -0.2) is 30.0 Å². The van der Waals surface area contributed by atoms with Crippen LogP contribution in [0.1, 0.15) is 82.7 Å². The molecule has 0 aliphatic carbocycles. The van der Waals surface area contributed by atoms with Gasteiger partial charge in [-0.1, -0.05) is 291 Å². The first kappa shape index (κ1) is 62.2. The molecular weight excluding hydrogens is 1190 g/mol. The van der Waals surface area contributed by atoms with Crippen molar-refractivity contribution >= 4 is 74.2 Å². The minimum absolute atomic E-state index is 0.123. The molecule has 14 rings (SSSR count). The third kappa shape index (κ3) is 15.2. The molecule has 0 saturated heterocycles. The van der Waals surface area contributed by atoms with Crippen molar-refractivity contribution in [3.05, 3.63) is 466 Å². The summed E-state index contributed by atoms with van der Waals surface area (Å²) >= 11 is 0. The minimum atomic E-state index is -0.123. The smallest absolute Gasteiger partial charge is 0.193 e. The van der Waals surface area contributed by atoms with E-state index in [9.17, 15) is 4.79 Å². The molecular formula is C91H64N6O. The molecule has 0 unspecified atom stereocenters. The lowest BCUT2D eigenvalue weighted by atomic mass is 9.99. The first-order valence-electron chi connectivity index (χ1n) is 32.6. The van der Waals surface area contributed by atoms with Crippen molar-refractivity contribution in [1.82, 2.24) is 0 Å². The summed E-state index contributed by atoms with van der Waals surface area (Å²) in [6.45, 7) is 0. The van der Waals surface area contributed by atoms with Crippen LogP contribution in [0.4, 0.5) is 34.1 Å². The van der Waals surface area contributed by atoms with Gasteiger partial charge in [-0.15, -0.1) is 0 Å². The average Bonchev–Trinajstić information content (AvgIpc) is 1.10. The SMILES string of the molecule is O=C(c1ccc(N=C(c2ccc(N=C(c3ccccc3)c3ccccc3)cc2)c2ccc(N=C(c3ccccc3)c3ccccc3)cc2)cc1)c1ccc(N=C(c2ccc(N=C(c3ccccc3)c3ccccc3)cc2)c2ccc(N=C(c3ccccc3)c3ccccc3)cc2)cc1. The van der Waals surface area contributed by atoms with Crippen LogP contribution in [0.25, 0.3) is 0 Å². The monoisotopic (exact) mass is 1260 g/mol. The molecule has 14 aromatic carbocycles. The Bertz CT molecular complexity index is 4410. The number of carbonyl (C=O) groups excluding carboxylic acids is 1. The molecule has 0 saturated carbocycles. The van der Waals surface area contributed by atoms with Crippen molar-refractivity contribution in [2.45, 2.75) is 0 Å². The summed E-state index contributed by atoms with van der Waals surface area (Å²) in [7, 11) is 0. The number of benzene rings is 14. The van der Waals surface area contributed by atoms with E-state index in [1.54, 1.807) is 0 Å². The lowest BCUT2D eigenvalue weighted by Gasteiger charge is -2.11. The molecule has 0 heterocycles. The summed E-state index contributed by atoms with van der Waals surface area (Å²) in [5.41, 5.74) is 22.5. The van der Waals surface area contributed by atoms with Crippen LogP contribution in [0.2, 0.25) is 0 Å². The largest absolute Gasteiger partial charge is 0.289 e. The molecule has 0 N–H and O–H groups in total. The number of nitrogens with zero attached hydrogens (tertiary/aromatic N) is 6. The molecule has 0 radical (unpaired) electrons. The lowest BCUT2D eigenvalue weighted by molar-refractivity contribution is 0.103. The van der Waals surface area contributed by atoms with Gasteiger partial charge in [-0.3, -0.25) is 4.79 Å². The molecule has 14 aromatic rings. The van der Waals surface area contributed by atoms with Gasteiger partial charge in [0.2, 0.25) is 0 Å². The van der Waals surface area contributed by atoms with Crippen molar-refractivity contribution in [3.8, 4) is 0 Å². The molecule has 98 heavy (non-hydrogen) atoms. The Kier molecular flexibility index (Phi) is 19.2. The van der Waals surface area contributed by atoms with Crippen LogP contribution in [0.3, 0.4) is 0 Å². The average molecular weight is 1260 g/mol. The van der Waals surface area contributed by atoms with Gasteiger partial charge < -0.3 is 0 Å². The Balaban J connectivity index is 0.772. The molecule has 464 valence electrons. The van der Waals surface area contributed by atoms with Crippen LogP contribution in [0.5, 0.6) is 0 Å². The fraction of sp³-hybridized carbons (Fsp3) is 0. The molecule has 0 fully saturated rings. The number of rotatable bonds is 20. The summed E-state index contributed by atoms with van der Waals surface area (Å²) in [5.74, 6) is -0.123. The lowest BCUT2D eigenvalue weighted by Crippen LogP contribution is -2.05. The Labute approximate surface area is 571 Å². The first-order valence-corrected chi connectivity index (χ1v) is 32.6. The second kappa shape index (κ2) is 30.2. The van der Waals surface area contributed by atoms with E-state index >= 15 is 0 Å². The Morgan fingerprint density at radius 1 is 0.133 bits per heavy atom. The maximum absolute atomic E-state index is 14.4. The summed E-state index contributed by atoms with van der Waals surface area (Å²) in [6, 6.07) is 130. The maximum Gasteiger partial charge on any atom is 0.193 e. The zero-order valence-electron chi connectivity index (χ0n) is 53.5. The van der Waals surface area contributed by atoms with E-state index in [2.05, 4.69) is 146 Å². The van der Waals surface area contributed by atoms with Crippen molar-refractivity contribution in [2.24, 2.45) is 30.0 Å². The van der Waals surface area contributed by atoms with Crippen molar-refractivity contribution in [3.63, 3.8) is 0 Å². The topological polar surface area (TPSA) is 91.2 Å². The Morgan fingerprint density at radius 2 is 0.245 bits per heavy atom. The van der Waals surface area contributed by atoms with E-state index in [0.717, 1.165) is 124 Å². The third-order valence-electron chi connectivity index (χ3n) is 16.6. The number of ketones is 1. The van der Waals surface area contributed by atoms with E-state index < -0.39 is 0 Å². The molecule has 0 atom stereocenters. The number of aliphatic imine (C=N–C) groups is 6. The highest BCUT2D eigenvalue weighted by atomic mass is 16.1. The van der Waals surface area contributed by atoms with Crippen molar-refractivity contribution < 1.29 is 4.79 Å². The standard InChI is InChI=1S/C91H64N6O/c98-91(77-49-61-83(62-50-77)96-89(73-41-53-79(54-42-73)92-85(65-25-9-1-10-26-65)66-27-11-2-12-28-66)74-43-55-80(56-44-74)93-86(67-29-13-3-14-30-67)68-31-15-4-16-32-68)78-51-63-84(64-52-78)97-90(75-45-57-81(58-46-75)94-87(69-33-17-5-18-34-69)70-35-19-6-20-36-70)76-47-59-82(60-48-76)95-88(71-37-21-7-22-38-71)72-39-23-8-24-40-72/h1-64H. The van der Waals surface area contributed by atoms with E-state index in [-0.39, 0.29) is 5.78 Å². The zero-order chi connectivity index (χ0) is 66.1. The van der Waals surface area contributed by atoms with Gasteiger partial charge >= 0.3 is 0 Å². The van der Waals surface area contributed by atoms with Crippen LogP contribution in [-0.4, -0.2) is 40.1 Å². The fourth-order valence-corrected chi connectivity index (χ4v) is 11.6. The van der Waals surface area contributed by atoms with Gasteiger partial charge in [-0.05, 0) is 97.1 Å². The van der Waals surface area contributed by atoms with Crippen LogP contribution in [-0.2, 0) is 0 Å². The van der Waals surface area contributed by atoms with Gasteiger partial charge in [0.05, 0.1) is 68.4 Å². The van der Waals surface area contributed by atoms with Gasteiger partial charge in [0.1, 0.15) is 0 Å². The zero-order valence-corrected chi connectivity index (χ0v) is 53.5. The van der Waals surface area contributed by atoms with Gasteiger partial charge in [-0.2, -0.15) is 0 Å². The van der Waals surface area contributed by atoms with Crippen LogP contribution >= 0.6 is 0 Å². The normalized spacial score (nSPS) is 10.7. The highest BCUT2D eigenvalue weighted by Crippen LogP contribution is 2.30. The summed E-state index contributed by atoms with van der Waals surface area (Å²) in [5, 5.41) is 0. The van der Waals surface area contributed by atoms with E-state index in [1.165, 1.54) is 0 Å². The second-order valence-electron chi connectivity index (χ2n) is 23.3. The van der Waals surface area contributed by atoms with Gasteiger partial charge in [0, 0.05) is 77.9 Å².